The monoisotopic (exact) mass is 448 g/mol. The predicted octanol–water partition coefficient (Wildman–Crippen LogP) is 4.17. The fraction of sp³-hybridized carbons (Fsp3) is 0.308. The van der Waals surface area contributed by atoms with Gasteiger partial charge in [0, 0.05) is 25.0 Å². The van der Waals surface area contributed by atoms with Crippen molar-refractivity contribution in [1.82, 2.24) is 10.2 Å². The number of carbonyl (C=O) groups excluding carboxylic acids is 2. The van der Waals surface area contributed by atoms with E-state index in [4.69, 9.17) is 4.74 Å². The SMILES string of the molecule is CNC(=O)[C@@]1(Cc2ccc(-c3cccs3)cc2)CCN(C(=O)Cc2cccc(OC)c2)C1. The number of rotatable bonds is 7. The van der Waals surface area contributed by atoms with Gasteiger partial charge in [0.25, 0.3) is 0 Å². The predicted molar refractivity (Wildman–Crippen MR) is 128 cm³/mol. The molecule has 4 rings (SSSR count). The van der Waals surface area contributed by atoms with E-state index >= 15 is 0 Å². The summed E-state index contributed by atoms with van der Waals surface area (Å²) in [6.45, 7) is 1.02. The average molecular weight is 449 g/mol. The summed E-state index contributed by atoms with van der Waals surface area (Å²) in [7, 11) is 3.29. The smallest absolute Gasteiger partial charge is 0.228 e. The van der Waals surface area contributed by atoms with Crippen molar-refractivity contribution >= 4 is 23.2 Å². The molecule has 1 saturated heterocycles. The molecule has 1 aromatic heterocycles. The Balaban J connectivity index is 1.47. The number of hydrogen-bond acceptors (Lipinski definition) is 4. The van der Waals surface area contributed by atoms with Crippen LogP contribution in [0.5, 0.6) is 5.75 Å². The Bertz CT molecular complexity index is 1080. The number of benzene rings is 2. The molecule has 0 saturated carbocycles. The summed E-state index contributed by atoms with van der Waals surface area (Å²) in [4.78, 5) is 29.0. The molecule has 5 nitrogen and oxygen atoms in total. The average Bonchev–Trinajstić information content (AvgIpc) is 3.50. The van der Waals surface area contributed by atoms with E-state index in [0.717, 1.165) is 16.9 Å². The zero-order valence-corrected chi connectivity index (χ0v) is 19.3. The van der Waals surface area contributed by atoms with Crippen molar-refractivity contribution in [3.8, 4) is 16.2 Å². The molecule has 1 aliphatic heterocycles. The van der Waals surface area contributed by atoms with Crippen molar-refractivity contribution in [3.05, 3.63) is 77.2 Å². The standard InChI is InChI=1S/C26H28N2O3S/c1-27-25(30)26(17-19-8-10-21(11-9-19)23-7-4-14-32-23)12-13-28(18-26)24(29)16-20-5-3-6-22(15-20)31-2/h3-11,14-15H,12-13,16-18H2,1-2H3,(H,27,30)/t26-/m1/s1. The van der Waals surface area contributed by atoms with Crippen LogP contribution in [0.4, 0.5) is 0 Å². The third-order valence-electron chi connectivity index (χ3n) is 6.21. The van der Waals surface area contributed by atoms with E-state index in [1.165, 1.54) is 10.4 Å². The minimum absolute atomic E-state index is 0.00323. The summed E-state index contributed by atoms with van der Waals surface area (Å²) in [5, 5.41) is 4.90. The van der Waals surface area contributed by atoms with Gasteiger partial charge in [0.05, 0.1) is 18.9 Å². The molecule has 1 fully saturated rings. The van der Waals surface area contributed by atoms with Crippen LogP contribution in [0, 0.1) is 5.41 Å². The summed E-state index contributed by atoms with van der Waals surface area (Å²) in [5.74, 6) is 0.774. The van der Waals surface area contributed by atoms with Crippen LogP contribution in [0.1, 0.15) is 17.5 Å². The van der Waals surface area contributed by atoms with E-state index in [9.17, 15) is 9.59 Å². The molecule has 1 N–H and O–H groups in total. The lowest BCUT2D eigenvalue weighted by atomic mass is 9.79. The van der Waals surface area contributed by atoms with Crippen LogP contribution in [0.15, 0.2) is 66.0 Å². The van der Waals surface area contributed by atoms with Gasteiger partial charge in [-0.15, -0.1) is 11.3 Å². The van der Waals surface area contributed by atoms with E-state index < -0.39 is 5.41 Å². The number of hydrogen-bond donors (Lipinski definition) is 1. The van der Waals surface area contributed by atoms with Crippen LogP contribution < -0.4 is 10.1 Å². The molecular formula is C26H28N2O3S. The van der Waals surface area contributed by atoms with E-state index in [1.54, 1.807) is 25.5 Å². The Hall–Kier alpha value is -3.12. The number of carbonyl (C=O) groups is 2. The first-order valence-corrected chi connectivity index (χ1v) is 11.7. The maximum absolute atomic E-state index is 13.0. The van der Waals surface area contributed by atoms with Gasteiger partial charge in [0.2, 0.25) is 11.8 Å². The lowest BCUT2D eigenvalue weighted by Crippen LogP contribution is -2.44. The van der Waals surface area contributed by atoms with Crippen LogP contribution in [-0.4, -0.2) is 44.0 Å². The highest BCUT2D eigenvalue weighted by Gasteiger charge is 2.45. The molecule has 2 heterocycles. The van der Waals surface area contributed by atoms with E-state index in [0.29, 0.717) is 32.4 Å². The maximum atomic E-state index is 13.0. The molecule has 1 atom stereocenters. The van der Waals surface area contributed by atoms with Crippen molar-refractivity contribution in [2.24, 2.45) is 5.41 Å². The molecule has 3 aromatic rings. The molecule has 0 radical (unpaired) electrons. The van der Waals surface area contributed by atoms with Crippen LogP contribution in [0.3, 0.4) is 0 Å². The summed E-state index contributed by atoms with van der Waals surface area (Å²) in [6, 6.07) is 20.1. The second-order valence-corrected chi connectivity index (χ2v) is 9.25. The number of likely N-dealkylation sites (tertiary alicyclic amines) is 1. The van der Waals surface area contributed by atoms with Gasteiger partial charge in [-0.2, -0.15) is 0 Å². The number of amides is 2. The molecule has 166 valence electrons. The largest absolute Gasteiger partial charge is 0.497 e. The molecule has 0 aliphatic carbocycles. The quantitative estimate of drug-likeness (QED) is 0.590. The Morgan fingerprint density at radius 3 is 2.59 bits per heavy atom. The first-order chi connectivity index (χ1) is 15.5. The fourth-order valence-corrected chi connectivity index (χ4v) is 5.18. The van der Waals surface area contributed by atoms with E-state index in [-0.39, 0.29) is 11.8 Å². The summed E-state index contributed by atoms with van der Waals surface area (Å²) in [5.41, 5.74) is 2.59. The van der Waals surface area contributed by atoms with E-state index in [1.807, 2.05) is 35.2 Å². The van der Waals surface area contributed by atoms with Gasteiger partial charge in [-0.05, 0) is 53.1 Å². The number of methoxy groups -OCH3 is 1. The first kappa shape index (κ1) is 22.1. The molecule has 6 heteroatoms. The Morgan fingerprint density at radius 2 is 1.91 bits per heavy atom. The second kappa shape index (κ2) is 9.57. The number of ether oxygens (including phenoxy) is 1. The third kappa shape index (κ3) is 4.70. The van der Waals surface area contributed by atoms with Gasteiger partial charge >= 0.3 is 0 Å². The highest BCUT2D eigenvalue weighted by Crippen LogP contribution is 2.36. The minimum Gasteiger partial charge on any atom is -0.497 e. The third-order valence-corrected chi connectivity index (χ3v) is 7.13. The lowest BCUT2D eigenvalue weighted by Gasteiger charge is -2.28. The van der Waals surface area contributed by atoms with Crippen molar-refractivity contribution in [2.45, 2.75) is 19.3 Å². The van der Waals surface area contributed by atoms with Crippen LogP contribution in [-0.2, 0) is 22.4 Å². The molecule has 2 amide bonds. The number of nitrogens with zero attached hydrogens (tertiary/aromatic N) is 1. The number of thiophene rings is 1. The minimum atomic E-state index is -0.608. The zero-order chi connectivity index (χ0) is 22.6. The van der Waals surface area contributed by atoms with Crippen molar-refractivity contribution in [1.29, 1.82) is 0 Å². The van der Waals surface area contributed by atoms with Crippen LogP contribution in [0.25, 0.3) is 10.4 Å². The molecule has 2 aromatic carbocycles. The van der Waals surface area contributed by atoms with Gasteiger partial charge < -0.3 is 15.0 Å². The first-order valence-electron chi connectivity index (χ1n) is 10.8. The molecule has 1 aliphatic rings. The fourth-order valence-electron chi connectivity index (χ4n) is 4.45. The topological polar surface area (TPSA) is 58.6 Å². The second-order valence-electron chi connectivity index (χ2n) is 8.30. The highest BCUT2D eigenvalue weighted by atomic mass is 32.1. The molecular weight excluding hydrogens is 420 g/mol. The molecule has 0 unspecified atom stereocenters. The molecule has 0 bridgehead atoms. The Labute approximate surface area is 193 Å². The zero-order valence-electron chi connectivity index (χ0n) is 18.5. The normalized spacial score (nSPS) is 17.9. The molecule has 32 heavy (non-hydrogen) atoms. The summed E-state index contributed by atoms with van der Waals surface area (Å²) < 4.78 is 5.26. The number of nitrogens with one attached hydrogen (secondary N) is 1. The Morgan fingerprint density at radius 1 is 1.09 bits per heavy atom. The van der Waals surface area contributed by atoms with Gasteiger partial charge in [-0.1, -0.05) is 42.5 Å². The summed E-state index contributed by atoms with van der Waals surface area (Å²) in [6.07, 6.45) is 1.57. The van der Waals surface area contributed by atoms with Gasteiger partial charge in [0.15, 0.2) is 0 Å². The molecule has 0 spiro atoms. The van der Waals surface area contributed by atoms with Gasteiger partial charge in [0.1, 0.15) is 5.75 Å². The van der Waals surface area contributed by atoms with Crippen molar-refractivity contribution < 1.29 is 14.3 Å². The van der Waals surface area contributed by atoms with Crippen molar-refractivity contribution in [3.63, 3.8) is 0 Å². The Kier molecular flexibility index (Phi) is 6.61. The van der Waals surface area contributed by atoms with Crippen molar-refractivity contribution in [2.75, 3.05) is 27.2 Å². The van der Waals surface area contributed by atoms with Crippen LogP contribution in [0.2, 0.25) is 0 Å². The lowest BCUT2D eigenvalue weighted by molar-refractivity contribution is -0.132. The van der Waals surface area contributed by atoms with Gasteiger partial charge in [-0.25, -0.2) is 0 Å². The maximum Gasteiger partial charge on any atom is 0.228 e. The summed E-state index contributed by atoms with van der Waals surface area (Å²) >= 11 is 1.71. The van der Waals surface area contributed by atoms with E-state index in [2.05, 4.69) is 41.0 Å². The van der Waals surface area contributed by atoms with Crippen LogP contribution >= 0.6 is 11.3 Å². The van der Waals surface area contributed by atoms with Gasteiger partial charge in [-0.3, -0.25) is 9.59 Å². The highest BCUT2D eigenvalue weighted by molar-refractivity contribution is 7.13.